The van der Waals surface area contributed by atoms with Crippen LogP contribution in [0.1, 0.15) is 10.4 Å². The van der Waals surface area contributed by atoms with Gasteiger partial charge in [-0.05, 0) is 12.1 Å². The fourth-order valence-corrected chi connectivity index (χ4v) is 1.52. The monoisotopic (exact) mass is 248 g/mol. The zero-order valence-electron chi connectivity index (χ0n) is 7.25. The Hall–Kier alpha value is -1.46. The third kappa shape index (κ3) is 2.74. The number of urea groups is 1. The van der Waals surface area contributed by atoms with Crippen molar-refractivity contribution in [2.24, 2.45) is 5.73 Å². The van der Waals surface area contributed by atoms with Crippen LogP contribution in [0.2, 0.25) is 10.0 Å². The number of hydrogen-bond donors (Lipinski definition) is 3. The Morgan fingerprint density at radius 3 is 2.07 bits per heavy atom. The second-order valence-corrected chi connectivity index (χ2v) is 3.42. The first-order chi connectivity index (χ1) is 6.91. The normalized spacial score (nSPS) is 9.73. The maximum Gasteiger partial charge on any atom is 0.335 e. The third-order valence-corrected chi connectivity index (χ3v) is 2.13. The number of primary amides is 1. The van der Waals surface area contributed by atoms with Crippen LogP contribution >= 0.6 is 23.2 Å². The molecule has 5 nitrogen and oxygen atoms in total. The standard InChI is InChI=1S/C8H6Cl2N2O3/c9-4-1-3(7(13)14)2-5(10)6(4)12-8(11)15/h1-2H,(H,13,14)(H3,11,12,15). The third-order valence-electron chi connectivity index (χ3n) is 1.54. The maximum absolute atomic E-state index is 10.6. The minimum atomic E-state index is -1.16. The number of benzene rings is 1. The van der Waals surface area contributed by atoms with Crippen LogP contribution in [-0.4, -0.2) is 17.1 Å². The highest BCUT2D eigenvalue weighted by atomic mass is 35.5. The van der Waals surface area contributed by atoms with E-state index in [4.69, 9.17) is 34.0 Å². The fraction of sp³-hybridized carbons (Fsp3) is 0. The summed E-state index contributed by atoms with van der Waals surface area (Å²) in [6, 6.07) is 1.50. The molecule has 1 aromatic carbocycles. The van der Waals surface area contributed by atoms with E-state index < -0.39 is 12.0 Å². The lowest BCUT2D eigenvalue weighted by molar-refractivity contribution is 0.0697. The summed E-state index contributed by atoms with van der Waals surface area (Å²) in [7, 11) is 0. The van der Waals surface area contributed by atoms with Crippen molar-refractivity contribution < 1.29 is 14.7 Å². The molecule has 0 aromatic heterocycles. The molecule has 0 bridgehead atoms. The molecule has 0 aliphatic carbocycles. The molecular formula is C8H6Cl2N2O3. The molecular weight excluding hydrogens is 243 g/mol. The van der Waals surface area contributed by atoms with Crippen LogP contribution in [0.4, 0.5) is 10.5 Å². The first kappa shape index (κ1) is 11.6. The van der Waals surface area contributed by atoms with Gasteiger partial charge in [0, 0.05) is 0 Å². The van der Waals surface area contributed by atoms with Crippen LogP contribution < -0.4 is 11.1 Å². The number of nitrogens with one attached hydrogen (secondary N) is 1. The largest absolute Gasteiger partial charge is 0.478 e. The van der Waals surface area contributed by atoms with Crippen LogP contribution in [0.15, 0.2) is 12.1 Å². The number of anilines is 1. The lowest BCUT2D eigenvalue weighted by atomic mass is 10.2. The molecule has 0 aliphatic rings. The van der Waals surface area contributed by atoms with Crippen molar-refractivity contribution in [3.8, 4) is 0 Å². The first-order valence-electron chi connectivity index (χ1n) is 3.70. The van der Waals surface area contributed by atoms with Gasteiger partial charge in [0.15, 0.2) is 0 Å². The number of carbonyl (C=O) groups excluding carboxylic acids is 1. The van der Waals surface area contributed by atoms with Gasteiger partial charge in [-0.2, -0.15) is 0 Å². The Morgan fingerprint density at radius 2 is 1.73 bits per heavy atom. The lowest BCUT2D eigenvalue weighted by Gasteiger charge is -2.07. The predicted octanol–water partition coefficient (Wildman–Crippen LogP) is 2.18. The van der Waals surface area contributed by atoms with Crippen molar-refractivity contribution in [3.63, 3.8) is 0 Å². The summed E-state index contributed by atoms with van der Waals surface area (Å²) in [6.07, 6.45) is 0. The molecule has 0 spiro atoms. The van der Waals surface area contributed by atoms with Crippen molar-refractivity contribution in [1.82, 2.24) is 0 Å². The van der Waals surface area contributed by atoms with E-state index in [1.54, 1.807) is 0 Å². The molecule has 80 valence electrons. The lowest BCUT2D eigenvalue weighted by Crippen LogP contribution is -2.19. The summed E-state index contributed by atoms with van der Waals surface area (Å²) in [5.74, 6) is -1.16. The van der Waals surface area contributed by atoms with E-state index in [2.05, 4.69) is 5.32 Å². The molecule has 1 rings (SSSR count). The Bertz CT molecular complexity index is 411. The van der Waals surface area contributed by atoms with Gasteiger partial charge in [0.2, 0.25) is 0 Å². The molecule has 1 aromatic rings. The molecule has 0 radical (unpaired) electrons. The number of aromatic carboxylic acids is 1. The van der Waals surface area contributed by atoms with E-state index in [0.29, 0.717) is 0 Å². The number of rotatable bonds is 2. The van der Waals surface area contributed by atoms with Gasteiger partial charge in [-0.1, -0.05) is 23.2 Å². The molecule has 15 heavy (non-hydrogen) atoms. The van der Waals surface area contributed by atoms with Gasteiger partial charge in [0.05, 0.1) is 21.3 Å². The highest BCUT2D eigenvalue weighted by Gasteiger charge is 2.12. The smallest absolute Gasteiger partial charge is 0.335 e. The zero-order valence-corrected chi connectivity index (χ0v) is 8.76. The number of carbonyl (C=O) groups is 2. The maximum atomic E-state index is 10.6. The molecule has 0 fully saturated rings. The first-order valence-corrected chi connectivity index (χ1v) is 4.46. The van der Waals surface area contributed by atoms with Gasteiger partial charge in [0.25, 0.3) is 0 Å². The number of carboxylic acid groups (broad SMARTS) is 1. The number of carboxylic acids is 1. The van der Waals surface area contributed by atoms with Crippen molar-refractivity contribution in [2.45, 2.75) is 0 Å². The van der Waals surface area contributed by atoms with Crippen molar-refractivity contribution in [1.29, 1.82) is 0 Å². The molecule has 0 atom stereocenters. The van der Waals surface area contributed by atoms with Gasteiger partial charge >= 0.3 is 12.0 Å². The number of halogens is 2. The zero-order chi connectivity index (χ0) is 11.6. The average Bonchev–Trinajstić information content (AvgIpc) is 2.10. The number of nitrogens with two attached hydrogens (primary N) is 1. The molecule has 2 amide bonds. The van der Waals surface area contributed by atoms with Gasteiger partial charge in [-0.25, -0.2) is 9.59 Å². The minimum absolute atomic E-state index is 0.0127. The van der Waals surface area contributed by atoms with Crippen LogP contribution in [0, 0.1) is 0 Å². The van der Waals surface area contributed by atoms with E-state index in [0.717, 1.165) is 0 Å². The van der Waals surface area contributed by atoms with Gasteiger partial charge < -0.3 is 16.2 Å². The molecule has 0 aliphatic heterocycles. The van der Waals surface area contributed by atoms with Gasteiger partial charge in [-0.15, -0.1) is 0 Å². The molecule has 0 saturated heterocycles. The highest BCUT2D eigenvalue weighted by molar-refractivity contribution is 6.40. The summed E-state index contributed by atoms with van der Waals surface area (Å²) < 4.78 is 0. The predicted molar refractivity (Wildman–Crippen MR) is 56.6 cm³/mol. The van der Waals surface area contributed by atoms with Crippen LogP contribution in [0.5, 0.6) is 0 Å². The number of hydrogen-bond acceptors (Lipinski definition) is 2. The Morgan fingerprint density at radius 1 is 1.27 bits per heavy atom. The summed E-state index contributed by atoms with van der Waals surface area (Å²) in [5, 5.41) is 10.9. The van der Waals surface area contributed by atoms with E-state index >= 15 is 0 Å². The van der Waals surface area contributed by atoms with E-state index in [1.165, 1.54) is 12.1 Å². The summed E-state index contributed by atoms with van der Waals surface area (Å²) in [6.45, 7) is 0. The second-order valence-electron chi connectivity index (χ2n) is 2.61. The molecule has 7 heteroatoms. The Labute approximate surface area is 94.8 Å². The van der Waals surface area contributed by atoms with Gasteiger partial charge in [0.1, 0.15) is 0 Å². The molecule has 0 unspecified atom stereocenters. The Kier molecular flexibility index (Phi) is 3.39. The van der Waals surface area contributed by atoms with Crippen LogP contribution in [0.25, 0.3) is 0 Å². The SMILES string of the molecule is NC(=O)Nc1c(Cl)cc(C(=O)O)cc1Cl. The quantitative estimate of drug-likeness (QED) is 0.749. The molecule has 0 heterocycles. The average molecular weight is 249 g/mol. The van der Waals surface area contributed by atoms with Crippen LogP contribution in [-0.2, 0) is 0 Å². The van der Waals surface area contributed by atoms with E-state index in [-0.39, 0.29) is 21.3 Å². The highest BCUT2D eigenvalue weighted by Crippen LogP contribution is 2.31. The number of amides is 2. The molecule has 0 saturated carbocycles. The van der Waals surface area contributed by atoms with Gasteiger partial charge in [-0.3, -0.25) is 0 Å². The summed E-state index contributed by atoms with van der Waals surface area (Å²) in [4.78, 5) is 21.2. The molecule has 4 N–H and O–H groups in total. The van der Waals surface area contributed by atoms with Crippen molar-refractivity contribution in [3.05, 3.63) is 27.7 Å². The second kappa shape index (κ2) is 4.37. The summed E-state index contributed by atoms with van der Waals surface area (Å²) in [5.41, 5.74) is 4.90. The van der Waals surface area contributed by atoms with Crippen LogP contribution in [0.3, 0.4) is 0 Å². The topological polar surface area (TPSA) is 92.4 Å². The fourth-order valence-electron chi connectivity index (χ4n) is 0.939. The Balaban J connectivity index is 3.21. The van der Waals surface area contributed by atoms with Crippen molar-refractivity contribution in [2.75, 3.05) is 5.32 Å². The summed E-state index contributed by atoms with van der Waals surface area (Å²) >= 11 is 11.4. The van der Waals surface area contributed by atoms with Crippen molar-refractivity contribution >= 4 is 40.9 Å². The van der Waals surface area contributed by atoms with E-state index in [1.807, 2.05) is 0 Å². The van der Waals surface area contributed by atoms with E-state index in [9.17, 15) is 9.59 Å². The minimum Gasteiger partial charge on any atom is -0.478 e.